The predicted octanol–water partition coefficient (Wildman–Crippen LogP) is 1.61. The number of aryl methyl sites for hydroxylation is 1. The lowest BCUT2D eigenvalue weighted by atomic mass is 10.2. The van der Waals surface area contributed by atoms with Crippen molar-refractivity contribution < 1.29 is 0 Å². The van der Waals surface area contributed by atoms with Gasteiger partial charge in [-0.3, -0.25) is 5.32 Å². The van der Waals surface area contributed by atoms with Crippen molar-refractivity contribution in [2.45, 2.75) is 39.3 Å². The standard InChI is InChI=1S/C11H17N3/c1-4-6-10(5-2)13-8-11-7-12-9(3)14-11/h2,7,10,13H,4,6,8H2,1,3H3,(H,12,14). The molecule has 0 saturated heterocycles. The van der Waals surface area contributed by atoms with E-state index < -0.39 is 0 Å². The van der Waals surface area contributed by atoms with Crippen LogP contribution in [0.4, 0.5) is 0 Å². The third-order valence-corrected chi connectivity index (χ3v) is 2.07. The van der Waals surface area contributed by atoms with Crippen molar-refractivity contribution in [1.29, 1.82) is 0 Å². The number of hydrogen-bond donors (Lipinski definition) is 2. The molecular weight excluding hydrogens is 174 g/mol. The highest BCUT2D eigenvalue weighted by atomic mass is 15.0. The van der Waals surface area contributed by atoms with Crippen LogP contribution in [0.25, 0.3) is 0 Å². The Labute approximate surface area is 85.3 Å². The number of aromatic amines is 1. The highest BCUT2D eigenvalue weighted by Crippen LogP contribution is 1.99. The number of imidazole rings is 1. The van der Waals surface area contributed by atoms with Crippen molar-refractivity contribution in [2.75, 3.05) is 0 Å². The average molecular weight is 191 g/mol. The number of nitrogens with one attached hydrogen (secondary N) is 2. The molecule has 76 valence electrons. The minimum absolute atomic E-state index is 0.170. The minimum Gasteiger partial charge on any atom is -0.345 e. The molecule has 0 spiro atoms. The second kappa shape index (κ2) is 5.46. The fraction of sp³-hybridized carbons (Fsp3) is 0.545. The van der Waals surface area contributed by atoms with Gasteiger partial charge in [-0.2, -0.15) is 0 Å². The zero-order valence-corrected chi connectivity index (χ0v) is 8.80. The number of rotatable bonds is 5. The second-order valence-electron chi connectivity index (χ2n) is 3.38. The van der Waals surface area contributed by atoms with Gasteiger partial charge in [0.05, 0.1) is 6.04 Å². The largest absolute Gasteiger partial charge is 0.345 e. The monoisotopic (exact) mass is 191 g/mol. The van der Waals surface area contributed by atoms with Gasteiger partial charge in [0.25, 0.3) is 0 Å². The number of nitrogens with zero attached hydrogens (tertiary/aromatic N) is 1. The van der Waals surface area contributed by atoms with E-state index in [-0.39, 0.29) is 6.04 Å². The van der Waals surface area contributed by atoms with Gasteiger partial charge in [0, 0.05) is 18.4 Å². The molecule has 0 fully saturated rings. The maximum Gasteiger partial charge on any atom is 0.103 e. The quantitative estimate of drug-likeness (QED) is 0.694. The van der Waals surface area contributed by atoms with E-state index in [1.54, 1.807) is 0 Å². The molecule has 3 nitrogen and oxygen atoms in total. The normalized spacial score (nSPS) is 12.4. The van der Waals surface area contributed by atoms with Crippen molar-refractivity contribution in [3.05, 3.63) is 17.7 Å². The molecule has 0 aromatic carbocycles. The summed E-state index contributed by atoms with van der Waals surface area (Å²) < 4.78 is 0. The minimum atomic E-state index is 0.170. The summed E-state index contributed by atoms with van der Waals surface area (Å²) in [7, 11) is 0. The van der Waals surface area contributed by atoms with Crippen molar-refractivity contribution in [3.63, 3.8) is 0 Å². The van der Waals surface area contributed by atoms with Gasteiger partial charge in [0.2, 0.25) is 0 Å². The van der Waals surface area contributed by atoms with Crippen LogP contribution in [0.3, 0.4) is 0 Å². The first-order valence-electron chi connectivity index (χ1n) is 4.96. The van der Waals surface area contributed by atoms with Gasteiger partial charge in [-0.1, -0.05) is 19.3 Å². The fourth-order valence-electron chi connectivity index (χ4n) is 1.33. The van der Waals surface area contributed by atoms with E-state index in [9.17, 15) is 0 Å². The number of hydrogen-bond acceptors (Lipinski definition) is 2. The summed E-state index contributed by atoms with van der Waals surface area (Å²) in [5.41, 5.74) is 1.08. The van der Waals surface area contributed by atoms with Gasteiger partial charge in [0.1, 0.15) is 5.82 Å². The van der Waals surface area contributed by atoms with Gasteiger partial charge in [-0.05, 0) is 13.3 Å². The zero-order valence-electron chi connectivity index (χ0n) is 8.80. The van der Waals surface area contributed by atoms with E-state index in [2.05, 4.69) is 28.1 Å². The lowest BCUT2D eigenvalue weighted by molar-refractivity contribution is 0.558. The van der Waals surface area contributed by atoms with E-state index in [4.69, 9.17) is 6.42 Å². The summed E-state index contributed by atoms with van der Waals surface area (Å²) in [5, 5.41) is 3.29. The fourth-order valence-corrected chi connectivity index (χ4v) is 1.33. The molecule has 0 amide bonds. The zero-order chi connectivity index (χ0) is 10.4. The van der Waals surface area contributed by atoms with Crippen molar-refractivity contribution in [3.8, 4) is 12.3 Å². The molecule has 0 aliphatic carbocycles. The van der Waals surface area contributed by atoms with Crippen LogP contribution < -0.4 is 5.32 Å². The van der Waals surface area contributed by atoms with E-state index in [0.29, 0.717) is 0 Å². The Morgan fingerprint density at radius 3 is 3.00 bits per heavy atom. The number of aromatic nitrogens is 2. The van der Waals surface area contributed by atoms with Crippen LogP contribution in [-0.4, -0.2) is 16.0 Å². The summed E-state index contributed by atoms with van der Waals surface area (Å²) in [6.07, 6.45) is 9.34. The van der Waals surface area contributed by atoms with E-state index >= 15 is 0 Å². The third-order valence-electron chi connectivity index (χ3n) is 2.07. The van der Waals surface area contributed by atoms with Crippen LogP contribution in [0.5, 0.6) is 0 Å². The summed E-state index contributed by atoms with van der Waals surface area (Å²) >= 11 is 0. The first-order valence-corrected chi connectivity index (χ1v) is 4.96. The van der Waals surface area contributed by atoms with Crippen LogP contribution >= 0.6 is 0 Å². The molecule has 1 unspecified atom stereocenters. The highest BCUT2D eigenvalue weighted by Gasteiger charge is 2.03. The number of terminal acetylenes is 1. The Morgan fingerprint density at radius 1 is 1.71 bits per heavy atom. The van der Waals surface area contributed by atoms with Crippen molar-refractivity contribution in [2.24, 2.45) is 0 Å². The van der Waals surface area contributed by atoms with Gasteiger partial charge >= 0.3 is 0 Å². The Kier molecular flexibility index (Phi) is 4.21. The first kappa shape index (κ1) is 10.8. The Hall–Kier alpha value is -1.27. The average Bonchev–Trinajstić information content (AvgIpc) is 2.59. The lowest BCUT2D eigenvalue weighted by Gasteiger charge is -2.10. The van der Waals surface area contributed by atoms with E-state index in [0.717, 1.165) is 30.9 Å². The van der Waals surface area contributed by atoms with Gasteiger partial charge < -0.3 is 4.98 Å². The molecule has 0 aliphatic rings. The number of H-pyrrole nitrogens is 1. The molecule has 3 heteroatoms. The SMILES string of the molecule is C#CC(CCC)NCc1cnc(C)[nH]1. The van der Waals surface area contributed by atoms with Gasteiger partial charge in [-0.15, -0.1) is 6.42 Å². The van der Waals surface area contributed by atoms with Crippen LogP contribution in [0.2, 0.25) is 0 Å². The predicted molar refractivity (Wildman–Crippen MR) is 57.7 cm³/mol. The molecule has 1 aromatic rings. The molecule has 2 N–H and O–H groups in total. The molecule has 0 bridgehead atoms. The summed E-state index contributed by atoms with van der Waals surface area (Å²) in [5.74, 6) is 3.67. The summed E-state index contributed by atoms with van der Waals surface area (Å²) in [6.45, 7) is 4.83. The van der Waals surface area contributed by atoms with Crippen molar-refractivity contribution in [1.82, 2.24) is 15.3 Å². The molecular formula is C11H17N3. The third kappa shape index (κ3) is 3.23. The highest BCUT2D eigenvalue weighted by molar-refractivity contribution is 5.03. The Morgan fingerprint density at radius 2 is 2.50 bits per heavy atom. The molecule has 1 heterocycles. The Balaban J connectivity index is 2.36. The van der Waals surface area contributed by atoms with Crippen LogP contribution in [0.15, 0.2) is 6.20 Å². The lowest BCUT2D eigenvalue weighted by Crippen LogP contribution is -2.26. The molecule has 0 radical (unpaired) electrons. The topological polar surface area (TPSA) is 40.7 Å². The molecule has 14 heavy (non-hydrogen) atoms. The van der Waals surface area contributed by atoms with Gasteiger partial charge in [-0.25, -0.2) is 4.98 Å². The second-order valence-corrected chi connectivity index (χ2v) is 3.38. The maximum atomic E-state index is 5.39. The van der Waals surface area contributed by atoms with E-state index in [1.807, 2.05) is 13.1 Å². The summed E-state index contributed by atoms with van der Waals surface area (Å²) in [4.78, 5) is 7.27. The molecule has 1 atom stereocenters. The van der Waals surface area contributed by atoms with E-state index in [1.165, 1.54) is 0 Å². The van der Waals surface area contributed by atoms with Gasteiger partial charge in [0.15, 0.2) is 0 Å². The Bertz CT molecular complexity index is 309. The molecule has 0 saturated carbocycles. The molecule has 1 aromatic heterocycles. The molecule has 1 rings (SSSR count). The molecule has 0 aliphatic heterocycles. The maximum absolute atomic E-state index is 5.39. The first-order chi connectivity index (χ1) is 6.76. The van der Waals surface area contributed by atoms with Crippen LogP contribution in [-0.2, 0) is 6.54 Å². The smallest absolute Gasteiger partial charge is 0.103 e. The van der Waals surface area contributed by atoms with Crippen molar-refractivity contribution >= 4 is 0 Å². The van der Waals surface area contributed by atoms with Crippen LogP contribution in [0.1, 0.15) is 31.3 Å². The summed E-state index contributed by atoms with van der Waals surface area (Å²) in [6, 6.07) is 0.170. The van der Waals surface area contributed by atoms with Crippen LogP contribution in [0, 0.1) is 19.3 Å².